The molecular formula is C31H54N3O4P. The lowest BCUT2D eigenvalue weighted by atomic mass is 10.2. The molecule has 8 heteroatoms. The van der Waals surface area contributed by atoms with E-state index in [4.69, 9.17) is 13.6 Å². The van der Waals surface area contributed by atoms with Crippen molar-refractivity contribution in [1.82, 2.24) is 14.8 Å². The van der Waals surface area contributed by atoms with E-state index in [1.165, 1.54) is 24.8 Å². The van der Waals surface area contributed by atoms with Crippen molar-refractivity contribution < 1.29 is 18.1 Å². The monoisotopic (exact) mass is 563 g/mol. The van der Waals surface area contributed by atoms with Crippen LogP contribution in [0.4, 0.5) is 0 Å². The minimum atomic E-state index is -3.31. The molecule has 1 unspecified atom stereocenters. The Hall–Kier alpha value is -1.92. The van der Waals surface area contributed by atoms with E-state index in [-0.39, 0.29) is 0 Å². The van der Waals surface area contributed by atoms with Gasteiger partial charge in [-0.3, -0.25) is 18.6 Å². The Bertz CT molecular complexity index is 844. The van der Waals surface area contributed by atoms with Gasteiger partial charge in [-0.25, -0.2) is 4.57 Å². The molecule has 7 nitrogen and oxygen atoms in total. The molecule has 1 aliphatic heterocycles. The van der Waals surface area contributed by atoms with Gasteiger partial charge in [-0.2, -0.15) is 0 Å². The third-order valence-electron chi connectivity index (χ3n) is 6.30. The molecule has 0 bridgehead atoms. The second-order valence-corrected chi connectivity index (χ2v) is 11.2. The van der Waals surface area contributed by atoms with Crippen LogP contribution in [0.15, 0.2) is 55.0 Å². The summed E-state index contributed by atoms with van der Waals surface area (Å²) in [4.78, 5) is 8.95. The van der Waals surface area contributed by atoms with Crippen molar-refractivity contribution in [3.8, 4) is 0 Å². The van der Waals surface area contributed by atoms with Gasteiger partial charge in [-0.05, 0) is 51.7 Å². The molecule has 0 N–H and O–H groups in total. The lowest BCUT2D eigenvalue weighted by molar-refractivity contribution is 0.110. The normalized spacial score (nSPS) is 14.7. The van der Waals surface area contributed by atoms with E-state index >= 15 is 0 Å². The van der Waals surface area contributed by atoms with Crippen LogP contribution < -0.4 is 0 Å². The van der Waals surface area contributed by atoms with Gasteiger partial charge < -0.3 is 9.80 Å². The van der Waals surface area contributed by atoms with Crippen LogP contribution in [0.25, 0.3) is 10.9 Å². The number of hydrogen-bond acceptors (Lipinski definition) is 7. The van der Waals surface area contributed by atoms with Crippen molar-refractivity contribution >= 4 is 18.7 Å². The largest absolute Gasteiger partial charge is 0.474 e. The summed E-state index contributed by atoms with van der Waals surface area (Å²) in [5.41, 5.74) is 1.06. The minimum absolute atomic E-state index is 0.437. The summed E-state index contributed by atoms with van der Waals surface area (Å²) < 4.78 is 28.0. The van der Waals surface area contributed by atoms with E-state index < -0.39 is 7.82 Å². The molecule has 39 heavy (non-hydrogen) atoms. The molecule has 0 saturated heterocycles. The van der Waals surface area contributed by atoms with Crippen LogP contribution in [-0.4, -0.2) is 53.9 Å². The first-order valence-electron chi connectivity index (χ1n) is 15.0. The zero-order valence-electron chi connectivity index (χ0n) is 25.4. The van der Waals surface area contributed by atoms with Crippen molar-refractivity contribution in [2.75, 3.05) is 32.9 Å². The zero-order chi connectivity index (χ0) is 28.8. The molecule has 222 valence electrons. The molecule has 2 heterocycles. The Morgan fingerprint density at radius 3 is 1.74 bits per heavy atom. The second kappa shape index (κ2) is 21.8. The maximum absolute atomic E-state index is 12.2. The van der Waals surface area contributed by atoms with Gasteiger partial charge >= 0.3 is 7.82 Å². The number of phosphoric ester groups is 1. The van der Waals surface area contributed by atoms with Crippen LogP contribution in [0.5, 0.6) is 0 Å². The first-order valence-corrected chi connectivity index (χ1v) is 16.4. The molecule has 1 aliphatic rings. The number of fused-ring (bicyclic) bond motifs is 1. The number of unbranched alkanes of at least 4 members (excludes halogenated alkanes) is 4. The number of para-hydroxylation sites is 1. The van der Waals surface area contributed by atoms with Crippen molar-refractivity contribution in [3.63, 3.8) is 0 Å². The lowest BCUT2D eigenvalue weighted by Gasteiger charge is -2.28. The fourth-order valence-electron chi connectivity index (χ4n) is 3.67. The van der Waals surface area contributed by atoms with Crippen LogP contribution in [0.2, 0.25) is 0 Å². The molecule has 0 amide bonds. The minimum Gasteiger partial charge on any atom is -0.357 e. The highest BCUT2D eigenvalue weighted by Gasteiger charge is 2.25. The van der Waals surface area contributed by atoms with E-state index in [9.17, 15) is 4.57 Å². The summed E-state index contributed by atoms with van der Waals surface area (Å²) in [6.07, 6.45) is 15.0. The molecule has 1 aromatic heterocycles. The van der Waals surface area contributed by atoms with Crippen LogP contribution in [0.1, 0.15) is 92.9 Å². The summed E-state index contributed by atoms with van der Waals surface area (Å²) in [7, 11) is -3.31. The highest BCUT2D eigenvalue weighted by atomic mass is 31.2. The number of benzene rings is 1. The molecule has 1 atom stereocenters. The standard InChI is InChI=1S/C12H27O4P.C10H20N2.C9H7N/c1-4-7-10-14-17(13,15-11-8-5-2)16-12-9-6-3;1-4-6-7-12-9-8-11(5-2)10(12)3;1-2-6-9-8(4-1)5-3-7-10-9/h4-12H2,1-3H3;8-10H,4-7H2,1-3H3;1-7H. The summed E-state index contributed by atoms with van der Waals surface area (Å²) >= 11 is 0. The van der Waals surface area contributed by atoms with Gasteiger partial charge in [0.05, 0.1) is 31.5 Å². The van der Waals surface area contributed by atoms with E-state index in [1.54, 1.807) is 0 Å². The van der Waals surface area contributed by atoms with Gasteiger partial charge in [0, 0.05) is 37.1 Å². The third kappa shape index (κ3) is 14.9. The molecule has 3 rings (SSSR count). The number of aromatic nitrogens is 1. The van der Waals surface area contributed by atoms with Gasteiger partial charge in [0.1, 0.15) is 0 Å². The third-order valence-corrected chi connectivity index (χ3v) is 7.80. The van der Waals surface area contributed by atoms with E-state index in [2.05, 4.69) is 80.9 Å². The number of nitrogens with zero attached hydrogens (tertiary/aromatic N) is 3. The van der Waals surface area contributed by atoms with Gasteiger partial charge in [0.25, 0.3) is 0 Å². The Morgan fingerprint density at radius 2 is 1.26 bits per heavy atom. The molecule has 0 spiro atoms. The number of pyridine rings is 1. The number of hydrogen-bond donors (Lipinski definition) is 0. The Balaban J connectivity index is 0.000000302. The highest BCUT2D eigenvalue weighted by molar-refractivity contribution is 7.48. The van der Waals surface area contributed by atoms with Gasteiger partial charge in [-0.15, -0.1) is 0 Å². The average molecular weight is 564 g/mol. The summed E-state index contributed by atoms with van der Waals surface area (Å²) in [6.45, 7) is 16.5. The Kier molecular flexibility index (Phi) is 19.7. The fraction of sp³-hybridized carbons (Fsp3) is 0.645. The molecular weight excluding hydrogens is 509 g/mol. The van der Waals surface area contributed by atoms with E-state index in [1.807, 2.05) is 30.5 Å². The van der Waals surface area contributed by atoms with Gasteiger partial charge in [-0.1, -0.05) is 77.6 Å². The zero-order valence-corrected chi connectivity index (χ0v) is 26.3. The fourth-order valence-corrected chi connectivity index (χ4v) is 4.95. The maximum Gasteiger partial charge on any atom is 0.474 e. The van der Waals surface area contributed by atoms with Crippen LogP contribution >= 0.6 is 7.82 Å². The smallest absolute Gasteiger partial charge is 0.357 e. The summed E-state index contributed by atoms with van der Waals surface area (Å²) in [5, 5.41) is 1.20. The van der Waals surface area contributed by atoms with Crippen LogP contribution in [-0.2, 0) is 18.1 Å². The lowest BCUT2D eigenvalue weighted by Crippen LogP contribution is -2.36. The maximum atomic E-state index is 12.2. The highest BCUT2D eigenvalue weighted by Crippen LogP contribution is 2.49. The Labute approximate surface area is 238 Å². The van der Waals surface area contributed by atoms with Gasteiger partial charge in [0.2, 0.25) is 0 Å². The first kappa shape index (κ1) is 35.1. The molecule has 0 aliphatic carbocycles. The first-order chi connectivity index (χ1) is 18.9. The molecule has 1 aromatic carbocycles. The van der Waals surface area contributed by atoms with Crippen molar-refractivity contribution in [2.24, 2.45) is 0 Å². The Morgan fingerprint density at radius 1 is 0.744 bits per heavy atom. The van der Waals surface area contributed by atoms with Crippen LogP contribution in [0, 0.1) is 0 Å². The van der Waals surface area contributed by atoms with Crippen molar-refractivity contribution in [1.29, 1.82) is 0 Å². The number of rotatable bonds is 16. The molecule has 0 saturated carbocycles. The number of phosphoric acid groups is 1. The predicted molar refractivity (Wildman–Crippen MR) is 165 cm³/mol. The molecule has 0 fully saturated rings. The van der Waals surface area contributed by atoms with Crippen molar-refractivity contribution in [3.05, 3.63) is 55.0 Å². The quantitative estimate of drug-likeness (QED) is 0.149. The van der Waals surface area contributed by atoms with Crippen molar-refractivity contribution in [2.45, 2.75) is 99.1 Å². The van der Waals surface area contributed by atoms with Crippen LogP contribution in [0.3, 0.4) is 0 Å². The molecule has 2 aromatic rings. The molecule has 0 radical (unpaired) electrons. The second-order valence-electron chi connectivity index (χ2n) is 9.56. The summed E-state index contributed by atoms with van der Waals surface area (Å²) in [5.74, 6) is 0. The van der Waals surface area contributed by atoms with Gasteiger partial charge in [0.15, 0.2) is 0 Å². The van der Waals surface area contributed by atoms with E-state index in [0.29, 0.717) is 26.0 Å². The topological polar surface area (TPSA) is 64.1 Å². The van der Waals surface area contributed by atoms with E-state index in [0.717, 1.165) is 50.6 Å². The summed E-state index contributed by atoms with van der Waals surface area (Å²) in [6, 6.07) is 12.1. The SMILES string of the molecule is CCCCN1C=CN(CC)C1C.CCCCOP(=O)(OCCCC)OCCCC.c1ccc2ncccc2c1. The predicted octanol–water partition coefficient (Wildman–Crippen LogP) is 9.02. The average Bonchev–Trinajstić information content (AvgIpc) is 3.32.